The first-order chi connectivity index (χ1) is 7.59. The van der Waals surface area contributed by atoms with Gasteiger partial charge in [0.2, 0.25) is 0 Å². The van der Waals surface area contributed by atoms with E-state index in [2.05, 4.69) is 33.8 Å². The Balaban J connectivity index is 2.53. The summed E-state index contributed by atoms with van der Waals surface area (Å²) >= 11 is 6.15. The van der Waals surface area contributed by atoms with Crippen LogP contribution >= 0.6 is 11.6 Å². The SMILES string of the molecule is Cc1nc(-c2ncc[nH]2)nc(Cl)c1C(C)C. The molecule has 0 aromatic carbocycles. The molecule has 2 heterocycles. The maximum Gasteiger partial charge on any atom is 0.197 e. The second kappa shape index (κ2) is 4.22. The highest BCUT2D eigenvalue weighted by Gasteiger charge is 2.14. The number of imidazole rings is 1. The van der Waals surface area contributed by atoms with Crippen molar-refractivity contribution in [2.75, 3.05) is 0 Å². The summed E-state index contributed by atoms with van der Waals surface area (Å²) in [4.78, 5) is 15.7. The van der Waals surface area contributed by atoms with Crippen LogP contribution in [0.4, 0.5) is 0 Å². The molecule has 5 heteroatoms. The Hall–Kier alpha value is -1.42. The molecule has 84 valence electrons. The minimum atomic E-state index is 0.318. The molecule has 16 heavy (non-hydrogen) atoms. The molecule has 0 atom stereocenters. The lowest BCUT2D eigenvalue weighted by Crippen LogP contribution is -2.02. The Morgan fingerprint density at radius 3 is 2.56 bits per heavy atom. The predicted molar refractivity (Wildman–Crippen MR) is 63.4 cm³/mol. The molecule has 0 aliphatic heterocycles. The number of hydrogen-bond acceptors (Lipinski definition) is 3. The van der Waals surface area contributed by atoms with Crippen molar-refractivity contribution in [3.63, 3.8) is 0 Å². The fourth-order valence-corrected chi connectivity index (χ4v) is 2.13. The first-order valence-electron chi connectivity index (χ1n) is 5.13. The van der Waals surface area contributed by atoms with E-state index in [0.29, 0.717) is 22.7 Å². The van der Waals surface area contributed by atoms with Gasteiger partial charge in [0.05, 0.1) is 0 Å². The molecule has 2 rings (SSSR count). The number of nitrogens with zero attached hydrogens (tertiary/aromatic N) is 3. The zero-order valence-corrected chi connectivity index (χ0v) is 10.2. The molecule has 0 aliphatic rings. The van der Waals surface area contributed by atoms with Crippen LogP contribution in [0.15, 0.2) is 12.4 Å². The van der Waals surface area contributed by atoms with Crippen molar-refractivity contribution in [1.82, 2.24) is 19.9 Å². The highest BCUT2D eigenvalue weighted by Crippen LogP contribution is 2.26. The number of H-pyrrole nitrogens is 1. The molecule has 0 saturated heterocycles. The fourth-order valence-electron chi connectivity index (χ4n) is 1.70. The molecule has 2 aromatic heterocycles. The smallest absolute Gasteiger partial charge is 0.197 e. The standard InChI is InChI=1S/C11H13ClN4/c1-6(2)8-7(3)15-11(16-9(8)12)10-13-4-5-14-10/h4-6H,1-3H3,(H,13,14). The summed E-state index contributed by atoms with van der Waals surface area (Å²) in [5.74, 6) is 1.50. The molecule has 0 fully saturated rings. The van der Waals surface area contributed by atoms with Gasteiger partial charge in [-0.25, -0.2) is 15.0 Å². The molecule has 1 N–H and O–H groups in total. The average molecular weight is 237 g/mol. The monoisotopic (exact) mass is 236 g/mol. The van der Waals surface area contributed by atoms with Crippen LogP contribution in [-0.4, -0.2) is 19.9 Å². The van der Waals surface area contributed by atoms with Gasteiger partial charge in [-0.3, -0.25) is 0 Å². The maximum atomic E-state index is 6.15. The largest absolute Gasteiger partial charge is 0.342 e. The third kappa shape index (κ3) is 1.93. The summed E-state index contributed by atoms with van der Waals surface area (Å²) in [5.41, 5.74) is 1.90. The second-order valence-electron chi connectivity index (χ2n) is 3.93. The maximum absolute atomic E-state index is 6.15. The molecule has 0 radical (unpaired) electrons. The van der Waals surface area contributed by atoms with Gasteiger partial charge in [-0.15, -0.1) is 0 Å². The molecule has 2 aromatic rings. The van der Waals surface area contributed by atoms with Crippen molar-refractivity contribution in [3.8, 4) is 11.6 Å². The molecule has 0 unspecified atom stereocenters. The summed E-state index contributed by atoms with van der Waals surface area (Å²) in [5, 5.41) is 0.508. The van der Waals surface area contributed by atoms with Gasteiger partial charge in [-0.05, 0) is 12.8 Å². The van der Waals surface area contributed by atoms with E-state index in [0.717, 1.165) is 11.3 Å². The van der Waals surface area contributed by atoms with E-state index in [1.54, 1.807) is 12.4 Å². The van der Waals surface area contributed by atoms with Gasteiger partial charge < -0.3 is 4.98 Å². The van der Waals surface area contributed by atoms with Crippen LogP contribution in [0, 0.1) is 6.92 Å². The Morgan fingerprint density at radius 1 is 1.31 bits per heavy atom. The first kappa shape index (κ1) is 11.1. The molecule has 4 nitrogen and oxygen atoms in total. The Labute approximate surface area is 99.1 Å². The van der Waals surface area contributed by atoms with E-state index >= 15 is 0 Å². The molecule has 0 saturated carbocycles. The molecule has 0 amide bonds. The number of halogens is 1. The lowest BCUT2D eigenvalue weighted by Gasteiger charge is -2.11. The summed E-state index contributed by atoms with van der Waals surface area (Å²) in [7, 11) is 0. The van der Waals surface area contributed by atoms with Crippen molar-refractivity contribution >= 4 is 11.6 Å². The van der Waals surface area contributed by atoms with Crippen LogP contribution in [0.25, 0.3) is 11.6 Å². The molecule has 0 bridgehead atoms. The lowest BCUT2D eigenvalue weighted by molar-refractivity contribution is 0.829. The average Bonchev–Trinajstić information content (AvgIpc) is 2.67. The van der Waals surface area contributed by atoms with E-state index in [-0.39, 0.29) is 0 Å². The van der Waals surface area contributed by atoms with Crippen LogP contribution in [0.1, 0.15) is 31.0 Å². The number of hydrogen-bond donors (Lipinski definition) is 1. The Morgan fingerprint density at radius 2 is 2.06 bits per heavy atom. The van der Waals surface area contributed by atoms with Crippen molar-refractivity contribution in [1.29, 1.82) is 0 Å². The van der Waals surface area contributed by atoms with Crippen LogP contribution in [0.2, 0.25) is 5.15 Å². The van der Waals surface area contributed by atoms with E-state index < -0.39 is 0 Å². The first-order valence-corrected chi connectivity index (χ1v) is 5.51. The van der Waals surface area contributed by atoms with Gasteiger partial charge in [0.1, 0.15) is 5.15 Å². The summed E-state index contributed by atoms with van der Waals surface area (Å²) < 4.78 is 0. The zero-order chi connectivity index (χ0) is 11.7. The normalized spacial score (nSPS) is 11.1. The van der Waals surface area contributed by atoms with Crippen molar-refractivity contribution < 1.29 is 0 Å². The molecule has 0 spiro atoms. The highest BCUT2D eigenvalue weighted by molar-refractivity contribution is 6.30. The van der Waals surface area contributed by atoms with Crippen LogP contribution in [0.3, 0.4) is 0 Å². The van der Waals surface area contributed by atoms with E-state index in [1.807, 2.05) is 6.92 Å². The van der Waals surface area contributed by atoms with Gasteiger partial charge in [-0.1, -0.05) is 25.4 Å². The van der Waals surface area contributed by atoms with Gasteiger partial charge in [-0.2, -0.15) is 0 Å². The summed E-state index contributed by atoms with van der Waals surface area (Å²) in [6.07, 6.45) is 3.40. The summed E-state index contributed by atoms with van der Waals surface area (Å²) in [6, 6.07) is 0. The fraction of sp³-hybridized carbons (Fsp3) is 0.364. The lowest BCUT2D eigenvalue weighted by atomic mass is 10.0. The molecular formula is C11H13ClN4. The van der Waals surface area contributed by atoms with Gasteiger partial charge in [0.15, 0.2) is 11.6 Å². The third-order valence-electron chi connectivity index (χ3n) is 2.38. The quantitative estimate of drug-likeness (QED) is 0.816. The molecular weight excluding hydrogens is 224 g/mol. The third-order valence-corrected chi connectivity index (χ3v) is 2.67. The zero-order valence-electron chi connectivity index (χ0n) is 9.45. The minimum absolute atomic E-state index is 0.318. The number of aromatic amines is 1. The van der Waals surface area contributed by atoms with Crippen molar-refractivity contribution in [3.05, 3.63) is 28.8 Å². The van der Waals surface area contributed by atoms with E-state index in [4.69, 9.17) is 11.6 Å². The van der Waals surface area contributed by atoms with Crippen LogP contribution in [0.5, 0.6) is 0 Å². The van der Waals surface area contributed by atoms with Crippen LogP contribution in [-0.2, 0) is 0 Å². The Kier molecular flexibility index (Phi) is 2.92. The van der Waals surface area contributed by atoms with Gasteiger partial charge in [0, 0.05) is 23.7 Å². The van der Waals surface area contributed by atoms with Crippen LogP contribution < -0.4 is 0 Å². The summed E-state index contributed by atoms with van der Waals surface area (Å²) in [6.45, 7) is 6.09. The number of aromatic nitrogens is 4. The van der Waals surface area contributed by atoms with Gasteiger partial charge in [0.25, 0.3) is 0 Å². The minimum Gasteiger partial charge on any atom is -0.342 e. The topological polar surface area (TPSA) is 54.5 Å². The molecule has 0 aliphatic carbocycles. The van der Waals surface area contributed by atoms with Crippen molar-refractivity contribution in [2.45, 2.75) is 26.7 Å². The second-order valence-corrected chi connectivity index (χ2v) is 4.29. The highest BCUT2D eigenvalue weighted by atomic mass is 35.5. The van der Waals surface area contributed by atoms with E-state index in [9.17, 15) is 0 Å². The number of aryl methyl sites for hydroxylation is 1. The Bertz CT molecular complexity index is 468. The van der Waals surface area contributed by atoms with E-state index in [1.165, 1.54) is 0 Å². The predicted octanol–water partition coefficient (Wildman–Crippen LogP) is 2.95. The number of nitrogens with one attached hydrogen (secondary N) is 1. The van der Waals surface area contributed by atoms with Crippen molar-refractivity contribution in [2.24, 2.45) is 0 Å². The van der Waals surface area contributed by atoms with Gasteiger partial charge >= 0.3 is 0 Å². The number of rotatable bonds is 2.